The number of carbonyl (C=O) groups is 1. The van der Waals surface area contributed by atoms with Crippen LogP contribution in [0.3, 0.4) is 0 Å². The van der Waals surface area contributed by atoms with Gasteiger partial charge in [-0.25, -0.2) is 23.7 Å². The highest BCUT2D eigenvalue weighted by Crippen LogP contribution is 2.41. The quantitative estimate of drug-likeness (QED) is 0.607. The summed E-state index contributed by atoms with van der Waals surface area (Å²) in [5.74, 6) is -0.899. The van der Waals surface area contributed by atoms with Crippen molar-refractivity contribution in [1.82, 2.24) is 19.9 Å². The summed E-state index contributed by atoms with van der Waals surface area (Å²) in [5.41, 5.74) is 0.106. The van der Waals surface area contributed by atoms with Gasteiger partial charge in [-0.3, -0.25) is 4.79 Å². The van der Waals surface area contributed by atoms with Gasteiger partial charge in [-0.15, -0.1) is 0 Å². The van der Waals surface area contributed by atoms with Crippen LogP contribution in [0.5, 0.6) is 5.88 Å². The van der Waals surface area contributed by atoms with Crippen molar-refractivity contribution in [2.45, 2.75) is 25.0 Å². The maximum Gasteiger partial charge on any atom is 0.255 e. The summed E-state index contributed by atoms with van der Waals surface area (Å²) in [6, 6.07) is 7.47. The molecule has 2 aromatic heterocycles. The Kier molecular flexibility index (Phi) is 5.02. The molecule has 0 spiro atoms. The highest BCUT2D eigenvalue weighted by atomic mass is 35.5. The van der Waals surface area contributed by atoms with Gasteiger partial charge in [0.05, 0.1) is 34.6 Å². The molecule has 2 fully saturated rings. The Bertz CT molecular complexity index is 1130. The van der Waals surface area contributed by atoms with Crippen LogP contribution in [-0.4, -0.2) is 44.4 Å². The number of piperidine rings is 1. The summed E-state index contributed by atoms with van der Waals surface area (Å²) in [6.45, 7) is 0.567. The third-order valence-corrected chi connectivity index (χ3v) is 5.97. The largest absolute Gasteiger partial charge is 0.472 e. The lowest BCUT2D eigenvalue weighted by atomic mass is 10.0. The van der Waals surface area contributed by atoms with Gasteiger partial charge in [0.1, 0.15) is 11.9 Å². The number of hydrogen-bond acceptors (Lipinski definition) is 5. The van der Waals surface area contributed by atoms with Gasteiger partial charge in [0.15, 0.2) is 11.6 Å². The molecule has 0 radical (unpaired) electrons. The number of aromatic nitrogens is 3. The van der Waals surface area contributed by atoms with E-state index in [1.54, 1.807) is 17.0 Å². The lowest BCUT2D eigenvalue weighted by Gasteiger charge is -2.33. The van der Waals surface area contributed by atoms with Gasteiger partial charge in [0.2, 0.25) is 5.88 Å². The van der Waals surface area contributed by atoms with Crippen molar-refractivity contribution in [3.63, 3.8) is 0 Å². The molecule has 9 heteroatoms. The molecule has 1 aromatic carbocycles. The van der Waals surface area contributed by atoms with Gasteiger partial charge in [-0.2, -0.15) is 0 Å². The van der Waals surface area contributed by atoms with Crippen LogP contribution < -0.4 is 4.74 Å². The monoisotopic (exact) mass is 442 g/mol. The highest BCUT2D eigenvalue weighted by molar-refractivity contribution is 6.30. The Morgan fingerprint density at radius 2 is 1.87 bits per heavy atom. The highest BCUT2D eigenvalue weighted by Gasteiger charge is 2.48. The lowest BCUT2D eigenvalue weighted by Crippen LogP contribution is -2.47. The standard InChI is InChI=1S/C22H17ClF2N4O2/c23-13-4-5-19(26-8-13)31-18-7-12-6-17(18)29(11-12)22(30)15-2-1-3-16(25)20(15)21-27-9-14(24)10-28-21/h1-5,8-10,12,17-18H,6-7,11H2/t12-,17?,18?/m1/s1. The molecule has 1 aliphatic heterocycles. The summed E-state index contributed by atoms with van der Waals surface area (Å²) in [7, 11) is 0. The van der Waals surface area contributed by atoms with Crippen molar-refractivity contribution >= 4 is 17.5 Å². The zero-order chi connectivity index (χ0) is 21.5. The summed E-state index contributed by atoms with van der Waals surface area (Å²) in [4.78, 5) is 27.1. The van der Waals surface area contributed by atoms with E-state index < -0.39 is 11.6 Å². The number of likely N-dealkylation sites (tertiary alicyclic amines) is 1. The molecule has 5 rings (SSSR count). The van der Waals surface area contributed by atoms with E-state index in [1.165, 1.54) is 24.4 Å². The number of rotatable bonds is 4. The second-order valence-corrected chi connectivity index (χ2v) is 8.16. The number of amides is 1. The summed E-state index contributed by atoms with van der Waals surface area (Å²) in [5, 5.41) is 0.513. The maximum atomic E-state index is 14.7. The average Bonchev–Trinajstić information content (AvgIpc) is 3.36. The summed E-state index contributed by atoms with van der Waals surface area (Å²) in [6.07, 6.45) is 4.82. The van der Waals surface area contributed by atoms with Gasteiger partial charge in [-0.1, -0.05) is 17.7 Å². The fraction of sp³-hybridized carbons (Fsp3) is 0.273. The summed E-state index contributed by atoms with van der Waals surface area (Å²) >= 11 is 5.88. The van der Waals surface area contributed by atoms with Crippen molar-refractivity contribution in [3.05, 3.63) is 71.1 Å². The maximum absolute atomic E-state index is 14.7. The van der Waals surface area contributed by atoms with E-state index >= 15 is 0 Å². The first-order chi connectivity index (χ1) is 15.0. The van der Waals surface area contributed by atoms with Crippen LogP contribution in [0.1, 0.15) is 23.2 Å². The second kappa shape index (κ2) is 7.85. The van der Waals surface area contributed by atoms with Crippen LogP contribution in [0.15, 0.2) is 48.9 Å². The Hall–Kier alpha value is -3.13. The van der Waals surface area contributed by atoms with Crippen LogP contribution in [0.25, 0.3) is 11.4 Å². The number of ether oxygens (including phenoxy) is 1. The second-order valence-electron chi connectivity index (χ2n) is 7.72. The third kappa shape index (κ3) is 3.72. The molecule has 2 bridgehead atoms. The van der Waals surface area contributed by atoms with E-state index in [0.29, 0.717) is 23.4 Å². The molecule has 3 heterocycles. The number of nitrogens with zero attached hydrogens (tertiary/aromatic N) is 4. The first-order valence-corrected chi connectivity index (χ1v) is 10.2. The Morgan fingerprint density at radius 3 is 2.58 bits per heavy atom. The minimum atomic E-state index is -0.639. The molecule has 0 N–H and O–H groups in total. The average molecular weight is 443 g/mol. The molecule has 6 nitrogen and oxygen atoms in total. The topological polar surface area (TPSA) is 68.2 Å². The normalized spacial score (nSPS) is 22.0. The van der Waals surface area contributed by atoms with E-state index in [2.05, 4.69) is 15.0 Å². The van der Waals surface area contributed by atoms with Crippen molar-refractivity contribution in [3.8, 4) is 17.3 Å². The third-order valence-electron chi connectivity index (χ3n) is 5.75. The molecule has 2 aliphatic rings. The van der Waals surface area contributed by atoms with Gasteiger partial charge in [0.25, 0.3) is 5.91 Å². The molecular formula is C22H17ClF2N4O2. The molecular weight excluding hydrogens is 426 g/mol. The number of halogens is 3. The van der Waals surface area contributed by atoms with Crippen LogP contribution >= 0.6 is 11.6 Å². The van der Waals surface area contributed by atoms with Gasteiger partial charge >= 0.3 is 0 Å². The first kappa shape index (κ1) is 19.8. The minimum Gasteiger partial charge on any atom is -0.472 e. The molecule has 1 saturated carbocycles. The fourth-order valence-corrected chi connectivity index (χ4v) is 4.55. The van der Waals surface area contributed by atoms with Crippen LogP contribution in [0.2, 0.25) is 5.02 Å². The van der Waals surface area contributed by atoms with Crippen molar-refractivity contribution in [2.75, 3.05) is 6.54 Å². The van der Waals surface area contributed by atoms with E-state index in [4.69, 9.17) is 16.3 Å². The van der Waals surface area contributed by atoms with E-state index in [1.807, 2.05) is 0 Å². The van der Waals surface area contributed by atoms with Crippen molar-refractivity contribution in [1.29, 1.82) is 0 Å². The smallest absolute Gasteiger partial charge is 0.255 e. The zero-order valence-corrected chi connectivity index (χ0v) is 17.0. The van der Waals surface area contributed by atoms with Gasteiger partial charge in [0, 0.05) is 18.8 Å². The number of hydrogen-bond donors (Lipinski definition) is 0. The van der Waals surface area contributed by atoms with Crippen LogP contribution in [0.4, 0.5) is 8.78 Å². The van der Waals surface area contributed by atoms with E-state index in [9.17, 15) is 13.6 Å². The van der Waals surface area contributed by atoms with Crippen molar-refractivity contribution < 1.29 is 18.3 Å². The molecule has 3 atom stereocenters. The number of benzene rings is 1. The van der Waals surface area contributed by atoms with E-state index in [0.717, 1.165) is 25.2 Å². The Balaban J connectivity index is 1.42. The number of pyridine rings is 1. The Labute approximate surface area is 181 Å². The number of carbonyl (C=O) groups excluding carboxylic acids is 1. The van der Waals surface area contributed by atoms with Crippen molar-refractivity contribution in [2.24, 2.45) is 5.92 Å². The minimum absolute atomic E-state index is 0.0351. The van der Waals surface area contributed by atoms with Gasteiger partial charge in [-0.05, 0) is 37.0 Å². The molecule has 158 valence electrons. The summed E-state index contributed by atoms with van der Waals surface area (Å²) < 4.78 is 33.9. The van der Waals surface area contributed by atoms with Gasteiger partial charge < -0.3 is 9.64 Å². The Morgan fingerprint density at radius 1 is 1.06 bits per heavy atom. The van der Waals surface area contributed by atoms with Crippen LogP contribution in [0, 0.1) is 17.6 Å². The SMILES string of the molecule is O=C(c1cccc(F)c1-c1ncc(F)cn1)N1C[C@H]2CC(Oc3ccc(Cl)cn3)C1C2. The molecule has 2 unspecified atom stereocenters. The predicted molar refractivity (Wildman–Crippen MR) is 109 cm³/mol. The molecule has 3 aromatic rings. The molecule has 31 heavy (non-hydrogen) atoms. The van der Waals surface area contributed by atoms with E-state index in [-0.39, 0.29) is 35.0 Å². The zero-order valence-electron chi connectivity index (χ0n) is 16.2. The molecule has 1 saturated heterocycles. The molecule has 1 aliphatic carbocycles. The fourth-order valence-electron chi connectivity index (χ4n) is 4.44. The predicted octanol–water partition coefficient (Wildman–Crippen LogP) is 4.15. The van der Waals surface area contributed by atoms with Crippen LogP contribution in [-0.2, 0) is 0 Å². The molecule has 1 amide bonds. The first-order valence-electron chi connectivity index (χ1n) is 9.85. The number of fused-ring (bicyclic) bond motifs is 2. The lowest BCUT2D eigenvalue weighted by molar-refractivity contribution is 0.0467.